The summed E-state index contributed by atoms with van der Waals surface area (Å²) >= 11 is 0. The molecule has 20 heavy (non-hydrogen) atoms. The van der Waals surface area contributed by atoms with E-state index in [-0.39, 0.29) is 5.91 Å². The van der Waals surface area contributed by atoms with Crippen LogP contribution in [-0.2, 0) is 0 Å². The molecule has 0 unspecified atom stereocenters. The van der Waals surface area contributed by atoms with Gasteiger partial charge in [-0.3, -0.25) is 4.79 Å². The number of carbonyl (C=O) groups excluding carboxylic acids is 1. The fourth-order valence-electron chi connectivity index (χ4n) is 2.10. The van der Waals surface area contributed by atoms with E-state index >= 15 is 0 Å². The third-order valence-corrected chi connectivity index (χ3v) is 3.14. The highest BCUT2D eigenvalue weighted by Crippen LogP contribution is 2.22. The number of amides is 1. The summed E-state index contributed by atoms with van der Waals surface area (Å²) in [7, 11) is 0. The number of nitrogen functional groups attached to an aromatic ring is 1. The zero-order valence-electron chi connectivity index (χ0n) is 11.4. The molecule has 0 saturated carbocycles. The summed E-state index contributed by atoms with van der Waals surface area (Å²) in [5.74, 6) is -0.197. The Morgan fingerprint density at radius 2 is 1.85 bits per heavy atom. The molecule has 0 aliphatic heterocycles. The first-order valence-corrected chi connectivity index (χ1v) is 6.20. The van der Waals surface area contributed by atoms with Gasteiger partial charge < -0.3 is 11.1 Å². The number of carbonyl (C=O) groups is 1. The van der Waals surface area contributed by atoms with Crippen LogP contribution >= 0.6 is 0 Å². The first-order valence-electron chi connectivity index (χ1n) is 6.20. The lowest BCUT2D eigenvalue weighted by atomic mass is 10.0. The lowest BCUT2D eigenvalue weighted by Crippen LogP contribution is -2.16. The molecule has 0 heterocycles. The summed E-state index contributed by atoms with van der Waals surface area (Å²) in [5, 5.41) is 11.6. The zero-order chi connectivity index (χ0) is 14.7. The van der Waals surface area contributed by atoms with Gasteiger partial charge in [0.2, 0.25) is 0 Å². The molecule has 4 nitrogen and oxygen atoms in total. The van der Waals surface area contributed by atoms with Gasteiger partial charge in [-0.25, -0.2) is 0 Å². The van der Waals surface area contributed by atoms with Crippen molar-refractivity contribution < 1.29 is 4.79 Å². The Morgan fingerprint density at radius 1 is 1.20 bits per heavy atom. The molecule has 0 aromatic heterocycles. The average molecular weight is 265 g/mol. The molecular formula is C16H15N3O. The predicted octanol–water partition coefficient (Wildman–Crippen LogP) is 3.01. The summed E-state index contributed by atoms with van der Waals surface area (Å²) in [6.07, 6.45) is 0. The second-order valence-corrected chi connectivity index (χ2v) is 4.63. The fourth-order valence-corrected chi connectivity index (χ4v) is 2.10. The standard InChI is InChI=1S/C16H15N3O/c1-10-4-3-5-11(2)15(10)16(20)19-14-7-6-12(9-17)8-13(14)18/h3-8H,18H2,1-2H3,(H,19,20). The van der Waals surface area contributed by atoms with Crippen LogP contribution in [0.1, 0.15) is 27.0 Å². The molecule has 0 atom stereocenters. The van der Waals surface area contributed by atoms with Gasteiger partial charge in [0.15, 0.2) is 0 Å². The molecule has 0 spiro atoms. The highest BCUT2D eigenvalue weighted by molar-refractivity contribution is 6.07. The Kier molecular flexibility index (Phi) is 3.72. The van der Waals surface area contributed by atoms with E-state index in [0.717, 1.165) is 11.1 Å². The number of aryl methyl sites for hydroxylation is 2. The van der Waals surface area contributed by atoms with E-state index < -0.39 is 0 Å². The molecule has 0 fully saturated rings. The summed E-state index contributed by atoms with van der Waals surface area (Å²) in [6.45, 7) is 3.79. The minimum absolute atomic E-state index is 0.197. The normalized spacial score (nSPS) is 9.85. The van der Waals surface area contributed by atoms with Crippen molar-refractivity contribution in [3.63, 3.8) is 0 Å². The quantitative estimate of drug-likeness (QED) is 0.819. The minimum Gasteiger partial charge on any atom is -0.397 e. The Hall–Kier alpha value is -2.80. The first-order chi connectivity index (χ1) is 9.52. The Balaban J connectivity index is 2.31. The number of nitrogens with zero attached hydrogens (tertiary/aromatic N) is 1. The molecule has 1 amide bonds. The molecule has 2 rings (SSSR count). The highest BCUT2D eigenvalue weighted by atomic mass is 16.1. The Bertz CT molecular complexity index is 694. The molecule has 0 aliphatic carbocycles. The molecule has 2 aromatic rings. The van der Waals surface area contributed by atoms with Crippen molar-refractivity contribution in [1.29, 1.82) is 5.26 Å². The molecule has 0 aliphatic rings. The number of nitrogens with one attached hydrogen (secondary N) is 1. The van der Waals surface area contributed by atoms with Crippen LogP contribution in [0.15, 0.2) is 36.4 Å². The van der Waals surface area contributed by atoms with E-state index in [1.807, 2.05) is 38.1 Å². The fraction of sp³-hybridized carbons (Fsp3) is 0.125. The van der Waals surface area contributed by atoms with E-state index in [1.165, 1.54) is 0 Å². The van der Waals surface area contributed by atoms with E-state index in [2.05, 4.69) is 5.32 Å². The van der Waals surface area contributed by atoms with Crippen LogP contribution in [0.25, 0.3) is 0 Å². The van der Waals surface area contributed by atoms with Crippen LogP contribution in [0.2, 0.25) is 0 Å². The first kappa shape index (κ1) is 13.6. The third-order valence-electron chi connectivity index (χ3n) is 3.14. The molecule has 3 N–H and O–H groups in total. The van der Waals surface area contributed by atoms with Gasteiger partial charge in [0, 0.05) is 5.56 Å². The SMILES string of the molecule is Cc1cccc(C)c1C(=O)Nc1ccc(C#N)cc1N. The van der Waals surface area contributed by atoms with Crippen molar-refractivity contribution in [3.05, 3.63) is 58.7 Å². The molecule has 0 radical (unpaired) electrons. The number of rotatable bonds is 2. The largest absolute Gasteiger partial charge is 0.397 e. The minimum atomic E-state index is -0.197. The third kappa shape index (κ3) is 2.62. The molecule has 0 saturated heterocycles. The van der Waals surface area contributed by atoms with Gasteiger partial charge in [-0.1, -0.05) is 18.2 Å². The Morgan fingerprint density at radius 3 is 2.40 bits per heavy atom. The average Bonchev–Trinajstić information content (AvgIpc) is 2.41. The van der Waals surface area contributed by atoms with Gasteiger partial charge in [-0.2, -0.15) is 5.26 Å². The topological polar surface area (TPSA) is 78.9 Å². The van der Waals surface area contributed by atoms with Gasteiger partial charge >= 0.3 is 0 Å². The van der Waals surface area contributed by atoms with Crippen molar-refractivity contribution in [3.8, 4) is 6.07 Å². The number of hydrogen-bond acceptors (Lipinski definition) is 3. The second-order valence-electron chi connectivity index (χ2n) is 4.63. The monoisotopic (exact) mass is 265 g/mol. The van der Waals surface area contributed by atoms with Crippen LogP contribution in [0.5, 0.6) is 0 Å². The Labute approximate surface area is 117 Å². The molecule has 2 aromatic carbocycles. The van der Waals surface area contributed by atoms with Gasteiger partial charge in [0.1, 0.15) is 0 Å². The molecule has 100 valence electrons. The van der Waals surface area contributed by atoms with E-state index in [1.54, 1.807) is 18.2 Å². The van der Waals surface area contributed by atoms with Crippen molar-refractivity contribution in [1.82, 2.24) is 0 Å². The lowest BCUT2D eigenvalue weighted by Gasteiger charge is -2.12. The predicted molar refractivity (Wildman–Crippen MR) is 79.4 cm³/mol. The number of nitrogens with two attached hydrogens (primary N) is 1. The maximum absolute atomic E-state index is 12.3. The maximum Gasteiger partial charge on any atom is 0.256 e. The lowest BCUT2D eigenvalue weighted by molar-refractivity contribution is 0.102. The summed E-state index contributed by atoms with van der Waals surface area (Å²) < 4.78 is 0. The second kappa shape index (κ2) is 5.45. The maximum atomic E-state index is 12.3. The summed E-state index contributed by atoms with van der Waals surface area (Å²) in [6, 6.07) is 12.5. The molecule has 4 heteroatoms. The summed E-state index contributed by atoms with van der Waals surface area (Å²) in [4.78, 5) is 12.3. The van der Waals surface area contributed by atoms with Crippen molar-refractivity contribution in [2.75, 3.05) is 11.1 Å². The smallest absolute Gasteiger partial charge is 0.256 e. The van der Waals surface area contributed by atoms with Gasteiger partial charge in [0.05, 0.1) is 23.0 Å². The van der Waals surface area contributed by atoms with Gasteiger partial charge in [-0.15, -0.1) is 0 Å². The van der Waals surface area contributed by atoms with E-state index in [9.17, 15) is 4.79 Å². The van der Waals surface area contributed by atoms with Crippen molar-refractivity contribution in [2.45, 2.75) is 13.8 Å². The van der Waals surface area contributed by atoms with E-state index in [4.69, 9.17) is 11.0 Å². The van der Waals surface area contributed by atoms with Gasteiger partial charge in [-0.05, 0) is 43.2 Å². The summed E-state index contributed by atoms with van der Waals surface area (Å²) in [5.41, 5.74) is 9.66. The van der Waals surface area contributed by atoms with Crippen LogP contribution in [0.3, 0.4) is 0 Å². The van der Waals surface area contributed by atoms with Crippen LogP contribution in [0, 0.1) is 25.2 Å². The number of anilines is 2. The molecule has 0 bridgehead atoms. The van der Waals surface area contributed by atoms with Crippen molar-refractivity contribution >= 4 is 17.3 Å². The van der Waals surface area contributed by atoms with E-state index in [0.29, 0.717) is 22.5 Å². The zero-order valence-corrected chi connectivity index (χ0v) is 11.4. The number of hydrogen-bond donors (Lipinski definition) is 2. The van der Waals surface area contributed by atoms with Crippen molar-refractivity contribution in [2.24, 2.45) is 0 Å². The number of nitriles is 1. The van der Waals surface area contributed by atoms with Crippen LogP contribution < -0.4 is 11.1 Å². The number of benzene rings is 2. The highest BCUT2D eigenvalue weighted by Gasteiger charge is 2.13. The van der Waals surface area contributed by atoms with Crippen LogP contribution in [-0.4, -0.2) is 5.91 Å². The van der Waals surface area contributed by atoms with Crippen LogP contribution in [0.4, 0.5) is 11.4 Å². The van der Waals surface area contributed by atoms with Gasteiger partial charge in [0.25, 0.3) is 5.91 Å². The molecular weight excluding hydrogens is 250 g/mol.